The monoisotopic (exact) mass is 382 g/mol. The number of rotatable bonds is 8. The summed E-state index contributed by atoms with van der Waals surface area (Å²) in [5.74, 6) is 1.75. The number of nitrogens with zero attached hydrogens (tertiary/aromatic N) is 3. The number of carbonyl (C=O) groups excluding carboxylic acids is 1. The Kier molecular flexibility index (Phi) is 6.49. The maximum absolute atomic E-state index is 12.3. The molecule has 7 heteroatoms. The molecule has 0 fully saturated rings. The van der Waals surface area contributed by atoms with E-state index in [4.69, 9.17) is 4.74 Å². The molecule has 0 saturated carbocycles. The highest BCUT2D eigenvalue weighted by atomic mass is 32.2. The van der Waals surface area contributed by atoms with Crippen LogP contribution in [0.15, 0.2) is 59.8 Å². The zero-order chi connectivity index (χ0) is 19.1. The maximum atomic E-state index is 12.3. The van der Waals surface area contributed by atoms with E-state index >= 15 is 0 Å². The molecule has 0 unspecified atom stereocenters. The molecule has 6 nitrogen and oxygen atoms in total. The Bertz CT molecular complexity index is 896. The summed E-state index contributed by atoms with van der Waals surface area (Å²) in [6.45, 7) is 4.55. The summed E-state index contributed by atoms with van der Waals surface area (Å²) in [4.78, 5) is 12.3. The van der Waals surface area contributed by atoms with E-state index in [9.17, 15) is 4.79 Å². The molecule has 0 aliphatic rings. The van der Waals surface area contributed by atoms with Crippen molar-refractivity contribution in [3.8, 4) is 11.4 Å². The molecule has 0 bridgehead atoms. The summed E-state index contributed by atoms with van der Waals surface area (Å²) in [7, 11) is 0. The number of benzene rings is 2. The Balaban J connectivity index is 1.67. The maximum Gasteiger partial charge on any atom is 0.234 e. The van der Waals surface area contributed by atoms with Crippen molar-refractivity contribution in [2.45, 2.75) is 25.4 Å². The zero-order valence-corrected chi connectivity index (χ0v) is 16.2. The lowest BCUT2D eigenvalue weighted by molar-refractivity contribution is -0.113. The highest BCUT2D eigenvalue weighted by molar-refractivity contribution is 7.99. The fourth-order valence-electron chi connectivity index (χ4n) is 2.62. The van der Waals surface area contributed by atoms with Crippen LogP contribution in [0.5, 0.6) is 5.75 Å². The van der Waals surface area contributed by atoms with Crippen molar-refractivity contribution in [2.24, 2.45) is 0 Å². The topological polar surface area (TPSA) is 69.0 Å². The molecule has 1 aromatic heterocycles. The Morgan fingerprint density at radius 3 is 2.67 bits per heavy atom. The summed E-state index contributed by atoms with van der Waals surface area (Å²) in [5, 5.41) is 12.1. The van der Waals surface area contributed by atoms with E-state index in [2.05, 4.69) is 15.5 Å². The fraction of sp³-hybridized carbons (Fsp3) is 0.250. The van der Waals surface area contributed by atoms with Crippen LogP contribution in [-0.2, 0) is 11.2 Å². The van der Waals surface area contributed by atoms with E-state index in [-0.39, 0.29) is 11.7 Å². The number of aromatic nitrogens is 3. The molecule has 3 rings (SSSR count). The molecular formula is C20H22N4O2S. The molecule has 0 radical (unpaired) electrons. The Morgan fingerprint density at radius 2 is 1.93 bits per heavy atom. The second-order valence-corrected chi connectivity index (χ2v) is 6.66. The van der Waals surface area contributed by atoms with Crippen molar-refractivity contribution in [1.29, 1.82) is 0 Å². The van der Waals surface area contributed by atoms with Crippen LogP contribution in [0, 0.1) is 0 Å². The lowest BCUT2D eigenvalue weighted by atomic mass is 10.3. The smallest absolute Gasteiger partial charge is 0.234 e. The van der Waals surface area contributed by atoms with Crippen molar-refractivity contribution in [3.05, 3.63) is 60.4 Å². The van der Waals surface area contributed by atoms with Gasteiger partial charge in [0.1, 0.15) is 11.6 Å². The third-order valence-electron chi connectivity index (χ3n) is 3.79. The van der Waals surface area contributed by atoms with Crippen LogP contribution in [0.2, 0.25) is 0 Å². The van der Waals surface area contributed by atoms with Gasteiger partial charge in [0, 0.05) is 23.9 Å². The van der Waals surface area contributed by atoms with Gasteiger partial charge in [0.2, 0.25) is 5.91 Å². The first-order valence-corrected chi connectivity index (χ1v) is 9.85. The van der Waals surface area contributed by atoms with Crippen LogP contribution in [0.3, 0.4) is 0 Å². The molecule has 0 saturated heterocycles. The summed E-state index contributed by atoms with van der Waals surface area (Å²) < 4.78 is 7.45. The van der Waals surface area contributed by atoms with Gasteiger partial charge in [-0.3, -0.25) is 9.36 Å². The summed E-state index contributed by atoms with van der Waals surface area (Å²) >= 11 is 1.37. The van der Waals surface area contributed by atoms with Crippen LogP contribution in [0.25, 0.3) is 5.69 Å². The molecule has 1 heterocycles. The van der Waals surface area contributed by atoms with Crippen molar-refractivity contribution in [1.82, 2.24) is 14.8 Å². The number of anilines is 1. The molecule has 0 aliphatic carbocycles. The van der Waals surface area contributed by atoms with E-state index in [1.807, 2.05) is 73.0 Å². The molecule has 1 N–H and O–H groups in total. The van der Waals surface area contributed by atoms with Gasteiger partial charge in [-0.05, 0) is 31.2 Å². The largest absolute Gasteiger partial charge is 0.494 e. The number of para-hydroxylation sites is 1. The molecule has 1 amide bonds. The second-order valence-electron chi connectivity index (χ2n) is 5.72. The highest BCUT2D eigenvalue weighted by Gasteiger charge is 2.14. The quantitative estimate of drug-likeness (QED) is 0.597. The van der Waals surface area contributed by atoms with Crippen molar-refractivity contribution >= 4 is 23.4 Å². The van der Waals surface area contributed by atoms with Crippen LogP contribution >= 0.6 is 11.8 Å². The molecule has 2 aromatic carbocycles. The Labute approximate surface area is 163 Å². The molecule has 3 aromatic rings. The Hall–Kier alpha value is -2.80. The predicted molar refractivity (Wildman–Crippen MR) is 108 cm³/mol. The average Bonchev–Trinajstić information content (AvgIpc) is 3.10. The number of aryl methyl sites for hydroxylation is 1. The first kappa shape index (κ1) is 19.0. The molecular weight excluding hydrogens is 360 g/mol. The van der Waals surface area contributed by atoms with Crippen molar-refractivity contribution in [3.63, 3.8) is 0 Å². The lowest BCUT2D eigenvalue weighted by Crippen LogP contribution is -2.14. The zero-order valence-electron chi connectivity index (χ0n) is 15.4. The molecule has 0 spiro atoms. The van der Waals surface area contributed by atoms with Gasteiger partial charge >= 0.3 is 0 Å². The standard InChI is InChI=1S/C20H22N4O2S/c1-3-18-22-23-20(24(18)16-10-6-5-7-11-16)27-14-19(25)21-15-9-8-12-17(13-15)26-4-2/h5-13H,3-4,14H2,1-2H3,(H,21,25). The van der Waals surface area contributed by atoms with Gasteiger partial charge in [-0.1, -0.05) is 43.0 Å². The number of nitrogens with one attached hydrogen (secondary N) is 1. The Morgan fingerprint density at radius 1 is 1.11 bits per heavy atom. The number of amides is 1. The van der Waals surface area contributed by atoms with Gasteiger partial charge in [-0.15, -0.1) is 10.2 Å². The van der Waals surface area contributed by atoms with E-state index in [0.29, 0.717) is 17.5 Å². The molecule has 0 atom stereocenters. The van der Waals surface area contributed by atoms with E-state index < -0.39 is 0 Å². The number of thioether (sulfide) groups is 1. The minimum Gasteiger partial charge on any atom is -0.494 e. The second kappa shape index (κ2) is 9.23. The first-order chi connectivity index (χ1) is 13.2. The van der Waals surface area contributed by atoms with Crippen LogP contribution in [-0.4, -0.2) is 33.0 Å². The van der Waals surface area contributed by atoms with Crippen molar-refractivity contribution < 1.29 is 9.53 Å². The SMILES string of the molecule is CCOc1cccc(NC(=O)CSc2nnc(CC)n2-c2ccccc2)c1. The van der Waals surface area contributed by atoms with Gasteiger partial charge in [0.15, 0.2) is 5.16 Å². The summed E-state index contributed by atoms with van der Waals surface area (Å²) in [6.07, 6.45) is 0.763. The highest BCUT2D eigenvalue weighted by Crippen LogP contribution is 2.23. The molecule has 27 heavy (non-hydrogen) atoms. The van der Waals surface area contributed by atoms with Gasteiger partial charge in [-0.2, -0.15) is 0 Å². The molecule has 140 valence electrons. The minimum atomic E-state index is -0.102. The van der Waals surface area contributed by atoms with E-state index in [1.165, 1.54) is 11.8 Å². The predicted octanol–water partition coefficient (Wildman–Crippen LogP) is 3.96. The van der Waals surface area contributed by atoms with Gasteiger partial charge in [0.25, 0.3) is 0 Å². The van der Waals surface area contributed by atoms with Crippen molar-refractivity contribution in [2.75, 3.05) is 17.7 Å². The normalized spacial score (nSPS) is 10.6. The van der Waals surface area contributed by atoms with Gasteiger partial charge in [-0.25, -0.2) is 0 Å². The fourth-order valence-corrected chi connectivity index (χ4v) is 3.39. The van der Waals surface area contributed by atoms with E-state index in [0.717, 1.165) is 23.7 Å². The van der Waals surface area contributed by atoms with Gasteiger partial charge in [0.05, 0.1) is 12.4 Å². The number of carbonyl (C=O) groups is 1. The third kappa shape index (κ3) is 4.89. The number of hydrogen-bond acceptors (Lipinski definition) is 5. The summed E-state index contributed by atoms with van der Waals surface area (Å²) in [6, 6.07) is 17.3. The van der Waals surface area contributed by atoms with Crippen LogP contribution < -0.4 is 10.1 Å². The minimum absolute atomic E-state index is 0.102. The number of hydrogen-bond donors (Lipinski definition) is 1. The first-order valence-electron chi connectivity index (χ1n) is 8.86. The average molecular weight is 382 g/mol. The van der Waals surface area contributed by atoms with Crippen LogP contribution in [0.4, 0.5) is 5.69 Å². The number of ether oxygens (including phenoxy) is 1. The van der Waals surface area contributed by atoms with E-state index in [1.54, 1.807) is 0 Å². The molecule has 0 aliphatic heterocycles. The lowest BCUT2D eigenvalue weighted by Gasteiger charge is -2.10. The summed E-state index contributed by atoms with van der Waals surface area (Å²) in [5.41, 5.74) is 1.71. The van der Waals surface area contributed by atoms with Crippen LogP contribution in [0.1, 0.15) is 19.7 Å². The third-order valence-corrected chi connectivity index (χ3v) is 4.72. The van der Waals surface area contributed by atoms with Gasteiger partial charge < -0.3 is 10.1 Å².